The third-order valence-electron chi connectivity index (χ3n) is 3.92. The minimum atomic E-state index is 0.890. The molecule has 0 aromatic heterocycles. The van der Waals surface area contributed by atoms with Crippen LogP contribution in [0.2, 0.25) is 0 Å². The van der Waals surface area contributed by atoms with Gasteiger partial charge in [0.25, 0.3) is 0 Å². The molecule has 2 aromatic carbocycles. The van der Waals surface area contributed by atoms with E-state index in [0.29, 0.717) is 0 Å². The number of nitrogens with one attached hydrogen (secondary N) is 1. The molecule has 3 heteroatoms. The maximum absolute atomic E-state index is 5.32. The Hall–Kier alpha value is -2.00. The number of hydrogen-bond donors (Lipinski definition) is 1. The third-order valence-corrected chi connectivity index (χ3v) is 3.92. The number of anilines is 2. The maximum Gasteiger partial charge on any atom is 0.120 e. The van der Waals surface area contributed by atoms with E-state index in [-0.39, 0.29) is 0 Å². The molecule has 0 saturated heterocycles. The molecule has 1 aliphatic heterocycles. The van der Waals surface area contributed by atoms with Gasteiger partial charge in [-0.2, -0.15) is 0 Å². The molecule has 0 spiro atoms. The van der Waals surface area contributed by atoms with Crippen LogP contribution in [0, 0.1) is 0 Å². The van der Waals surface area contributed by atoms with Crippen LogP contribution < -0.4 is 15.0 Å². The molecule has 3 rings (SSSR count). The molecule has 1 aliphatic rings. The minimum absolute atomic E-state index is 0.890. The number of hydrogen-bond acceptors (Lipinski definition) is 3. The van der Waals surface area contributed by atoms with Gasteiger partial charge in [0.1, 0.15) is 5.75 Å². The fraction of sp³-hybridized carbons (Fsp3) is 0.294. The molecule has 1 heterocycles. The van der Waals surface area contributed by atoms with Crippen molar-refractivity contribution in [2.45, 2.75) is 13.0 Å². The van der Waals surface area contributed by atoms with Crippen molar-refractivity contribution in [3.05, 3.63) is 53.6 Å². The first-order valence-corrected chi connectivity index (χ1v) is 6.99. The highest BCUT2D eigenvalue weighted by atomic mass is 16.5. The normalized spacial score (nSPS) is 13.7. The second-order valence-electron chi connectivity index (χ2n) is 5.10. The van der Waals surface area contributed by atoms with Crippen LogP contribution in [0.15, 0.2) is 42.5 Å². The van der Waals surface area contributed by atoms with E-state index in [1.54, 1.807) is 7.11 Å². The van der Waals surface area contributed by atoms with Gasteiger partial charge in [-0.25, -0.2) is 0 Å². The van der Waals surface area contributed by atoms with Crippen molar-refractivity contribution in [3.8, 4) is 5.75 Å². The fourth-order valence-corrected chi connectivity index (χ4v) is 2.78. The zero-order valence-electron chi connectivity index (χ0n) is 12.0. The van der Waals surface area contributed by atoms with Crippen LogP contribution in [-0.2, 0) is 13.0 Å². The Kier molecular flexibility index (Phi) is 3.61. The predicted octanol–water partition coefficient (Wildman–Crippen LogP) is 3.11. The molecule has 2 aromatic rings. The van der Waals surface area contributed by atoms with Gasteiger partial charge in [0.15, 0.2) is 0 Å². The van der Waals surface area contributed by atoms with Crippen molar-refractivity contribution < 1.29 is 4.74 Å². The summed E-state index contributed by atoms with van der Waals surface area (Å²) in [6, 6.07) is 14.7. The second-order valence-corrected chi connectivity index (χ2v) is 5.10. The average Bonchev–Trinajstić information content (AvgIpc) is 2.53. The zero-order valence-corrected chi connectivity index (χ0v) is 12.0. The molecule has 0 atom stereocenters. The summed E-state index contributed by atoms with van der Waals surface area (Å²) in [5.74, 6) is 0.890. The molecule has 0 amide bonds. The van der Waals surface area contributed by atoms with Gasteiger partial charge >= 0.3 is 0 Å². The fourth-order valence-electron chi connectivity index (χ4n) is 2.78. The first-order valence-electron chi connectivity index (χ1n) is 6.99. The Morgan fingerprint density at radius 2 is 2.00 bits per heavy atom. The number of fused-ring (bicyclic) bond motifs is 1. The quantitative estimate of drug-likeness (QED) is 0.925. The molecule has 1 N–H and O–H groups in total. The molecular weight excluding hydrogens is 248 g/mol. The predicted molar refractivity (Wildman–Crippen MR) is 82.9 cm³/mol. The summed E-state index contributed by atoms with van der Waals surface area (Å²) >= 11 is 0. The summed E-state index contributed by atoms with van der Waals surface area (Å²) in [5, 5.41) is 3.43. The van der Waals surface area contributed by atoms with E-state index in [0.717, 1.165) is 30.9 Å². The topological polar surface area (TPSA) is 24.5 Å². The third kappa shape index (κ3) is 2.37. The lowest BCUT2D eigenvalue weighted by Crippen LogP contribution is -2.25. The molecule has 0 aliphatic carbocycles. The Bertz CT molecular complexity index is 610. The van der Waals surface area contributed by atoms with Gasteiger partial charge in [0.05, 0.1) is 7.11 Å². The molecule has 0 radical (unpaired) electrons. The van der Waals surface area contributed by atoms with Gasteiger partial charge < -0.3 is 15.0 Å². The maximum atomic E-state index is 5.32. The highest BCUT2D eigenvalue weighted by molar-refractivity contribution is 5.68. The van der Waals surface area contributed by atoms with Gasteiger partial charge in [0, 0.05) is 31.0 Å². The molecule has 104 valence electrons. The summed E-state index contributed by atoms with van der Waals surface area (Å²) in [5.41, 5.74) is 5.30. The van der Waals surface area contributed by atoms with Gasteiger partial charge in [-0.1, -0.05) is 18.2 Å². The first-order chi connectivity index (χ1) is 9.79. The summed E-state index contributed by atoms with van der Waals surface area (Å²) in [6.07, 6.45) is 1.08. The highest BCUT2D eigenvalue weighted by Crippen LogP contribution is 2.32. The van der Waals surface area contributed by atoms with E-state index in [9.17, 15) is 0 Å². The smallest absolute Gasteiger partial charge is 0.120 e. The van der Waals surface area contributed by atoms with Crippen molar-refractivity contribution in [1.29, 1.82) is 0 Å². The van der Waals surface area contributed by atoms with E-state index in [4.69, 9.17) is 4.74 Å². The largest absolute Gasteiger partial charge is 0.497 e. The number of nitrogens with zero attached hydrogens (tertiary/aromatic N) is 1. The van der Waals surface area contributed by atoms with Gasteiger partial charge in [-0.3, -0.25) is 0 Å². The SMILES string of the molecule is COc1cccc(N(C)c2cccc3c2CCNC3)c1. The number of ether oxygens (including phenoxy) is 1. The van der Waals surface area contributed by atoms with Crippen molar-refractivity contribution >= 4 is 11.4 Å². The monoisotopic (exact) mass is 268 g/mol. The average molecular weight is 268 g/mol. The second kappa shape index (κ2) is 5.55. The number of benzene rings is 2. The molecule has 0 bridgehead atoms. The minimum Gasteiger partial charge on any atom is -0.497 e. The van der Waals surface area contributed by atoms with Crippen LogP contribution in [-0.4, -0.2) is 20.7 Å². The molecule has 20 heavy (non-hydrogen) atoms. The summed E-state index contributed by atoms with van der Waals surface area (Å²) < 4.78 is 5.32. The lowest BCUT2D eigenvalue weighted by Gasteiger charge is -2.27. The van der Waals surface area contributed by atoms with E-state index in [1.165, 1.54) is 16.8 Å². The summed E-state index contributed by atoms with van der Waals surface area (Å²) in [7, 11) is 3.82. The molecule has 0 unspecified atom stereocenters. The molecular formula is C17H20N2O. The van der Waals surface area contributed by atoms with Crippen molar-refractivity contribution in [3.63, 3.8) is 0 Å². The summed E-state index contributed by atoms with van der Waals surface area (Å²) in [4.78, 5) is 2.24. The van der Waals surface area contributed by atoms with Gasteiger partial charge in [-0.15, -0.1) is 0 Å². The van der Waals surface area contributed by atoms with Crippen LogP contribution in [0.3, 0.4) is 0 Å². The lowest BCUT2D eigenvalue weighted by molar-refractivity contribution is 0.415. The zero-order chi connectivity index (χ0) is 13.9. The van der Waals surface area contributed by atoms with Gasteiger partial charge in [-0.05, 0) is 42.3 Å². The lowest BCUT2D eigenvalue weighted by atomic mass is 9.98. The van der Waals surface area contributed by atoms with Crippen molar-refractivity contribution in [2.75, 3.05) is 25.6 Å². The van der Waals surface area contributed by atoms with E-state index in [2.05, 4.69) is 47.6 Å². The van der Waals surface area contributed by atoms with E-state index >= 15 is 0 Å². The Morgan fingerprint density at radius 3 is 2.85 bits per heavy atom. The molecule has 0 fully saturated rings. The van der Waals surface area contributed by atoms with Crippen LogP contribution in [0.25, 0.3) is 0 Å². The number of methoxy groups -OCH3 is 1. The van der Waals surface area contributed by atoms with E-state index in [1.807, 2.05) is 12.1 Å². The standard InChI is InChI=1S/C17H20N2O/c1-19(14-6-4-7-15(11-14)20-2)17-8-3-5-13-12-18-10-9-16(13)17/h3-8,11,18H,9-10,12H2,1-2H3. The number of rotatable bonds is 3. The summed E-state index contributed by atoms with van der Waals surface area (Å²) in [6.45, 7) is 2.02. The van der Waals surface area contributed by atoms with Crippen LogP contribution in [0.5, 0.6) is 5.75 Å². The van der Waals surface area contributed by atoms with Crippen LogP contribution in [0.4, 0.5) is 11.4 Å². The van der Waals surface area contributed by atoms with Crippen molar-refractivity contribution in [2.24, 2.45) is 0 Å². The molecule has 0 saturated carbocycles. The Morgan fingerprint density at radius 1 is 1.15 bits per heavy atom. The Labute approximate surface area is 120 Å². The first kappa shape index (κ1) is 13.0. The van der Waals surface area contributed by atoms with E-state index < -0.39 is 0 Å². The molecule has 3 nitrogen and oxygen atoms in total. The van der Waals surface area contributed by atoms with Crippen LogP contribution >= 0.6 is 0 Å². The highest BCUT2D eigenvalue weighted by Gasteiger charge is 2.15. The van der Waals surface area contributed by atoms with Crippen molar-refractivity contribution in [1.82, 2.24) is 5.32 Å². The van der Waals surface area contributed by atoms with Gasteiger partial charge in [0.2, 0.25) is 0 Å². The Balaban J connectivity index is 1.99. The van der Waals surface area contributed by atoms with Crippen LogP contribution in [0.1, 0.15) is 11.1 Å².